The van der Waals surface area contributed by atoms with Crippen LogP contribution in [0.3, 0.4) is 0 Å². The molecule has 0 amide bonds. The third-order valence-corrected chi connectivity index (χ3v) is 5.29. The van der Waals surface area contributed by atoms with Crippen LogP contribution in [0.5, 0.6) is 0 Å². The van der Waals surface area contributed by atoms with E-state index in [-0.39, 0.29) is 0 Å². The van der Waals surface area contributed by atoms with Crippen molar-refractivity contribution in [3.8, 4) is 5.69 Å². The second-order valence-corrected chi connectivity index (χ2v) is 6.93. The van der Waals surface area contributed by atoms with Gasteiger partial charge in [0.2, 0.25) is 0 Å². The summed E-state index contributed by atoms with van der Waals surface area (Å²) < 4.78 is 2.49. The molecule has 106 valence electrons. The number of benzene rings is 2. The van der Waals surface area contributed by atoms with Crippen LogP contribution in [0.2, 0.25) is 0 Å². The second-order valence-electron chi connectivity index (χ2n) is 5.85. The zero-order valence-corrected chi connectivity index (χ0v) is 13.3. The Hall–Kier alpha value is -1.67. The van der Waals surface area contributed by atoms with Crippen molar-refractivity contribution in [2.75, 3.05) is 0 Å². The highest BCUT2D eigenvalue weighted by Crippen LogP contribution is 2.44. The molecule has 0 atom stereocenters. The lowest BCUT2D eigenvalue weighted by Crippen LogP contribution is -2.05. The molecule has 1 aromatic heterocycles. The van der Waals surface area contributed by atoms with Gasteiger partial charge in [0.25, 0.3) is 0 Å². The van der Waals surface area contributed by atoms with Crippen LogP contribution in [0, 0.1) is 6.92 Å². The molecule has 3 aromatic rings. The molecular weight excluding hydrogens is 274 g/mol. The summed E-state index contributed by atoms with van der Waals surface area (Å²) in [5, 5.41) is 1.39. The van der Waals surface area contributed by atoms with Crippen molar-refractivity contribution < 1.29 is 0 Å². The van der Waals surface area contributed by atoms with Crippen molar-refractivity contribution >= 4 is 22.7 Å². The number of hydrogen-bond acceptors (Lipinski definition) is 1. The van der Waals surface area contributed by atoms with Gasteiger partial charge in [0.05, 0.1) is 11.2 Å². The molecule has 0 N–H and O–H groups in total. The van der Waals surface area contributed by atoms with Gasteiger partial charge in [0, 0.05) is 20.9 Å². The molecule has 0 bridgehead atoms. The fourth-order valence-corrected chi connectivity index (χ4v) is 4.45. The lowest BCUT2D eigenvalue weighted by Gasteiger charge is -2.21. The maximum atomic E-state index is 2.49. The lowest BCUT2D eigenvalue weighted by molar-refractivity contribution is 0.761. The number of rotatable bonds is 3. The van der Waals surface area contributed by atoms with E-state index in [2.05, 4.69) is 60.9 Å². The predicted molar refractivity (Wildman–Crippen MR) is 90.7 cm³/mol. The number of hydrogen-bond donors (Lipinski definition) is 0. The number of aryl methyl sites for hydroxylation is 2. The summed E-state index contributed by atoms with van der Waals surface area (Å²) in [5.74, 6) is 0. The SMILES string of the molecule is CCCCc1cc2cc(C)cc3c2n1-c1ccccc1S3. The van der Waals surface area contributed by atoms with Crippen molar-refractivity contribution in [3.05, 3.63) is 53.7 Å². The third kappa shape index (κ3) is 2.01. The summed E-state index contributed by atoms with van der Waals surface area (Å²) in [5.41, 5.74) is 5.55. The van der Waals surface area contributed by atoms with Crippen molar-refractivity contribution in [2.45, 2.75) is 42.9 Å². The number of fused-ring (bicyclic) bond motifs is 2. The average Bonchev–Trinajstić information content (AvgIpc) is 2.84. The molecule has 4 rings (SSSR count). The van der Waals surface area contributed by atoms with E-state index in [1.165, 1.54) is 50.5 Å². The Kier molecular flexibility index (Phi) is 3.07. The van der Waals surface area contributed by atoms with E-state index in [1.54, 1.807) is 0 Å². The largest absolute Gasteiger partial charge is 0.311 e. The summed E-state index contributed by atoms with van der Waals surface area (Å²) in [4.78, 5) is 2.76. The van der Waals surface area contributed by atoms with Crippen LogP contribution in [0.15, 0.2) is 52.3 Å². The molecule has 2 heterocycles. The Morgan fingerprint density at radius 3 is 2.76 bits per heavy atom. The highest BCUT2D eigenvalue weighted by Gasteiger charge is 2.21. The predicted octanol–water partition coefficient (Wildman–Crippen LogP) is 5.75. The van der Waals surface area contributed by atoms with Gasteiger partial charge in [-0.05, 0) is 55.7 Å². The first kappa shape index (κ1) is 13.0. The Morgan fingerprint density at radius 1 is 1.05 bits per heavy atom. The van der Waals surface area contributed by atoms with E-state index >= 15 is 0 Å². The van der Waals surface area contributed by atoms with Gasteiger partial charge in [-0.25, -0.2) is 0 Å². The molecule has 1 nitrogen and oxygen atoms in total. The van der Waals surface area contributed by atoms with Crippen LogP contribution in [0.25, 0.3) is 16.6 Å². The molecule has 21 heavy (non-hydrogen) atoms. The van der Waals surface area contributed by atoms with Gasteiger partial charge < -0.3 is 4.57 Å². The molecular formula is C19H19NS. The maximum Gasteiger partial charge on any atom is 0.0671 e. The normalized spacial score (nSPS) is 12.7. The zero-order valence-electron chi connectivity index (χ0n) is 12.5. The molecule has 0 unspecified atom stereocenters. The molecule has 1 aliphatic rings. The van der Waals surface area contributed by atoms with E-state index in [9.17, 15) is 0 Å². The first-order valence-electron chi connectivity index (χ1n) is 7.70. The minimum atomic E-state index is 1.16. The van der Waals surface area contributed by atoms with E-state index in [4.69, 9.17) is 0 Å². The van der Waals surface area contributed by atoms with Crippen LogP contribution in [-0.2, 0) is 6.42 Å². The number of unbranched alkanes of at least 4 members (excludes halogenated alkanes) is 1. The second kappa shape index (κ2) is 4.96. The van der Waals surface area contributed by atoms with E-state index in [1.807, 2.05) is 11.8 Å². The Labute approximate surface area is 130 Å². The zero-order chi connectivity index (χ0) is 14.4. The van der Waals surface area contributed by atoms with E-state index < -0.39 is 0 Å². The van der Waals surface area contributed by atoms with Crippen molar-refractivity contribution in [1.29, 1.82) is 0 Å². The topological polar surface area (TPSA) is 4.93 Å². The fourth-order valence-electron chi connectivity index (χ4n) is 3.25. The van der Waals surface area contributed by atoms with Gasteiger partial charge in [0.1, 0.15) is 0 Å². The molecule has 2 heteroatoms. The highest BCUT2D eigenvalue weighted by atomic mass is 32.2. The minimum Gasteiger partial charge on any atom is -0.311 e. The first-order valence-corrected chi connectivity index (χ1v) is 8.52. The van der Waals surface area contributed by atoms with Crippen LogP contribution in [0.1, 0.15) is 31.0 Å². The van der Waals surface area contributed by atoms with Crippen molar-refractivity contribution in [3.63, 3.8) is 0 Å². The summed E-state index contributed by atoms with van der Waals surface area (Å²) in [7, 11) is 0. The number of para-hydroxylation sites is 1. The van der Waals surface area contributed by atoms with Crippen LogP contribution < -0.4 is 0 Å². The maximum absolute atomic E-state index is 2.49. The smallest absolute Gasteiger partial charge is 0.0671 e. The summed E-state index contributed by atoms with van der Waals surface area (Å²) in [6.07, 6.45) is 3.65. The molecule has 1 aliphatic heterocycles. The van der Waals surface area contributed by atoms with Crippen LogP contribution in [0.4, 0.5) is 0 Å². The Balaban J connectivity index is 2.04. The lowest BCUT2D eigenvalue weighted by atomic mass is 10.1. The van der Waals surface area contributed by atoms with Crippen LogP contribution in [-0.4, -0.2) is 4.57 Å². The van der Waals surface area contributed by atoms with Gasteiger partial charge >= 0.3 is 0 Å². The monoisotopic (exact) mass is 293 g/mol. The van der Waals surface area contributed by atoms with Gasteiger partial charge in [-0.2, -0.15) is 0 Å². The molecule has 0 fully saturated rings. The van der Waals surface area contributed by atoms with E-state index in [0.29, 0.717) is 0 Å². The summed E-state index contributed by atoms with van der Waals surface area (Å²) >= 11 is 1.91. The molecule has 2 aromatic carbocycles. The molecule has 0 aliphatic carbocycles. The summed E-state index contributed by atoms with van der Waals surface area (Å²) in [6.45, 7) is 4.46. The van der Waals surface area contributed by atoms with Gasteiger partial charge in [-0.15, -0.1) is 0 Å². The van der Waals surface area contributed by atoms with Gasteiger partial charge in [0.15, 0.2) is 0 Å². The Morgan fingerprint density at radius 2 is 1.90 bits per heavy atom. The fraction of sp³-hybridized carbons (Fsp3) is 0.263. The minimum absolute atomic E-state index is 1.16. The average molecular weight is 293 g/mol. The summed E-state index contributed by atoms with van der Waals surface area (Å²) in [6, 6.07) is 15.8. The molecule has 0 saturated heterocycles. The molecule has 0 saturated carbocycles. The van der Waals surface area contributed by atoms with Gasteiger partial charge in [-0.3, -0.25) is 0 Å². The highest BCUT2D eigenvalue weighted by molar-refractivity contribution is 7.99. The first-order chi connectivity index (χ1) is 10.3. The Bertz CT molecular complexity index is 829. The van der Waals surface area contributed by atoms with Crippen molar-refractivity contribution in [1.82, 2.24) is 4.57 Å². The quantitative estimate of drug-likeness (QED) is 0.466. The standard InChI is InChI=1S/C19H19NS/c1-3-4-7-15-12-14-10-13(2)11-18-19(14)20(15)16-8-5-6-9-17(16)21-18/h5-6,8-12H,3-4,7H2,1-2H3. The van der Waals surface area contributed by atoms with E-state index in [0.717, 1.165) is 6.42 Å². The van der Waals surface area contributed by atoms with Crippen LogP contribution >= 0.6 is 11.8 Å². The molecule has 0 radical (unpaired) electrons. The van der Waals surface area contributed by atoms with Crippen molar-refractivity contribution in [2.24, 2.45) is 0 Å². The number of nitrogens with zero attached hydrogens (tertiary/aromatic N) is 1. The number of aromatic nitrogens is 1. The van der Waals surface area contributed by atoms with Gasteiger partial charge in [-0.1, -0.05) is 37.2 Å². The molecule has 0 spiro atoms. The third-order valence-electron chi connectivity index (χ3n) is 4.19.